The number of halogens is 3. The number of hydrogen-bond donors (Lipinski definition) is 2. The van der Waals surface area contributed by atoms with Crippen molar-refractivity contribution in [3.63, 3.8) is 0 Å². The number of rotatable bonds is 8. The Labute approximate surface area is 144 Å². The van der Waals surface area contributed by atoms with Crippen molar-refractivity contribution < 1.29 is 27.5 Å². The predicted octanol–water partition coefficient (Wildman–Crippen LogP) is 3.22. The summed E-state index contributed by atoms with van der Waals surface area (Å²) >= 11 is 0. The van der Waals surface area contributed by atoms with E-state index in [2.05, 4.69) is 15.4 Å². The van der Waals surface area contributed by atoms with Crippen LogP contribution in [0, 0.1) is 6.92 Å². The predicted molar refractivity (Wildman–Crippen MR) is 87.6 cm³/mol. The number of benzene rings is 1. The number of carbonyl (C=O) groups excluding carboxylic acids is 2. The van der Waals surface area contributed by atoms with Crippen molar-refractivity contribution in [2.75, 3.05) is 13.7 Å². The Morgan fingerprint density at radius 1 is 1.20 bits per heavy atom. The number of ketones is 1. The first-order chi connectivity index (χ1) is 11.7. The van der Waals surface area contributed by atoms with Gasteiger partial charge in [0.05, 0.1) is 12.1 Å². The number of amides is 1. The molecular weight excluding hydrogens is 337 g/mol. The van der Waals surface area contributed by atoms with Gasteiger partial charge >= 0.3 is 12.3 Å². The van der Waals surface area contributed by atoms with Gasteiger partial charge in [-0.1, -0.05) is 43.2 Å². The summed E-state index contributed by atoms with van der Waals surface area (Å²) < 4.78 is 40.6. The number of nitrogens with one attached hydrogen (secondary N) is 2. The third-order valence-corrected chi connectivity index (χ3v) is 3.60. The zero-order valence-electron chi connectivity index (χ0n) is 14.4. The summed E-state index contributed by atoms with van der Waals surface area (Å²) in [6.07, 6.45) is -4.77. The monoisotopic (exact) mass is 360 g/mol. The number of likely N-dealkylation sites (N-methyl/N-ethyl adjacent to an activating group) is 1. The first-order valence-electron chi connectivity index (χ1n) is 7.96. The molecule has 1 amide bonds. The zero-order chi connectivity index (χ0) is 19.0. The molecule has 0 saturated heterocycles. The van der Waals surface area contributed by atoms with Crippen LogP contribution in [0.5, 0.6) is 0 Å². The molecule has 0 aliphatic carbocycles. The number of aryl methyl sites for hydroxylation is 1. The molecule has 140 valence electrons. The van der Waals surface area contributed by atoms with E-state index >= 15 is 0 Å². The third kappa shape index (κ3) is 7.13. The topological polar surface area (TPSA) is 67.4 Å². The van der Waals surface area contributed by atoms with Crippen LogP contribution in [0.15, 0.2) is 24.3 Å². The zero-order valence-corrected chi connectivity index (χ0v) is 14.4. The normalized spacial score (nSPS) is 13.8. The lowest BCUT2D eigenvalue weighted by atomic mass is 9.94. The van der Waals surface area contributed by atoms with Gasteiger partial charge in [-0.05, 0) is 20.4 Å². The van der Waals surface area contributed by atoms with Crippen LogP contribution in [-0.4, -0.2) is 43.8 Å². The molecule has 1 aromatic rings. The lowest BCUT2D eigenvalue weighted by Gasteiger charge is -2.26. The molecule has 2 atom stereocenters. The molecule has 0 heterocycles. The number of carbonyl (C=O) groups is 2. The Balaban J connectivity index is 2.83. The van der Waals surface area contributed by atoms with Gasteiger partial charge in [-0.25, -0.2) is 4.79 Å². The minimum Gasteiger partial charge on any atom is -0.440 e. The van der Waals surface area contributed by atoms with E-state index in [4.69, 9.17) is 0 Å². The van der Waals surface area contributed by atoms with E-state index in [0.29, 0.717) is 18.4 Å². The van der Waals surface area contributed by atoms with Crippen molar-refractivity contribution in [1.82, 2.24) is 10.6 Å². The van der Waals surface area contributed by atoms with Crippen LogP contribution in [0.3, 0.4) is 0 Å². The van der Waals surface area contributed by atoms with Gasteiger partial charge in [0.25, 0.3) is 0 Å². The van der Waals surface area contributed by atoms with E-state index in [1.54, 1.807) is 31.3 Å². The highest BCUT2D eigenvalue weighted by atomic mass is 19.4. The van der Waals surface area contributed by atoms with E-state index < -0.39 is 31.0 Å². The first-order valence-corrected chi connectivity index (χ1v) is 7.96. The lowest BCUT2D eigenvalue weighted by Crippen LogP contribution is -2.53. The average molecular weight is 360 g/mol. The van der Waals surface area contributed by atoms with Gasteiger partial charge < -0.3 is 15.4 Å². The van der Waals surface area contributed by atoms with E-state index in [1.165, 1.54) is 0 Å². The van der Waals surface area contributed by atoms with E-state index in [9.17, 15) is 22.8 Å². The Hall–Kier alpha value is -2.09. The van der Waals surface area contributed by atoms with Crippen LogP contribution in [0.1, 0.15) is 35.7 Å². The minimum atomic E-state index is -4.60. The fourth-order valence-electron chi connectivity index (χ4n) is 2.39. The fraction of sp³-hybridized carbons (Fsp3) is 0.529. The highest BCUT2D eigenvalue weighted by molar-refractivity contribution is 6.00. The summed E-state index contributed by atoms with van der Waals surface area (Å²) in [5.74, 6) is -0.253. The van der Waals surface area contributed by atoms with E-state index in [1.807, 2.05) is 13.8 Å². The summed E-state index contributed by atoms with van der Waals surface area (Å²) in [7, 11) is 1.56. The van der Waals surface area contributed by atoms with E-state index in [-0.39, 0.29) is 5.78 Å². The van der Waals surface area contributed by atoms with Crippen molar-refractivity contribution in [2.24, 2.45) is 0 Å². The van der Waals surface area contributed by atoms with Crippen molar-refractivity contribution in [1.29, 1.82) is 0 Å². The summed E-state index contributed by atoms with van der Waals surface area (Å²) in [5.41, 5.74) is 1.45. The summed E-state index contributed by atoms with van der Waals surface area (Å²) in [6, 6.07) is 5.46. The summed E-state index contributed by atoms with van der Waals surface area (Å²) in [6.45, 7) is 2.06. The maximum atomic E-state index is 12.7. The highest BCUT2D eigenvalue weighted by Gasteiger charge is 2.32. The number of ether oxygens (including phenoxy) is 1. The largest absolute Gasteiger partial charge is 0.440 e. The second-order valence-electron chi connectivity index (χ2n) is 5.73. The Morgan fingerprint density at radius 2 is 1.80 bits per heavy atom. The first kappa shape index (κ1) is 21.0. The van der Waals surface area contributed by atoms with Gasteiger partial charge in [0.1, 0.15) is 0 Å². The molecule has 1 aromatic carbocycles. The Kier molecular flexibility index (Phi) is 7.89. The van der Waals surface area contributed by atoms with Gasteiger partial charge in [-0.2, -0.15) is 13.2 Å². The van der Waals surface area contributed by atoms with Crippen LogP contribution in [-0.2, 0) is 4.74 Å². The average Bonchev–Trinajstić information content (AvgIpc) is 2.53. The quantitative estimate of drug-likeness (QED) is 0.699. The Bertz CT molecular complexity index is 573. The van der Waals surface area contributed by atoms with Gasteiger partial charge in [-0.15, -0.1) is 0 Å². The number of alkyl carbamates (subject to hydrolysis) is 1. The highest BCUT2D eigenvalue weighted by Crippen LogP contribution is 2.15. The third-order valence-electron chi connectivity index (χ3n) is 3.60. The second kappa shape index (κ2) is 9.41. The van der Waals surface area contributed by atoms with Crippen LogP contribution < -0.4 is 10.6 Å². The smallest absolute Gasteiger partial charge is 0.422 e. The van der Waals surface area contributed by atoms with Crippen LogP contribution in [0.2, 0.25) is 0 Å². The van der Waals surface area contributed by atoms with Gasteiger partial charge in [0.15, 0.2) is 12.4 Å². The number of hydrogen-bond acceptors (Lipinski definition) is 4. The maximum absolute atomic E-state index is 12.7. The molecule has 0 spiro atoms. The molecule has 0 aliphatic rings. The Morgan fingerprint density at radius 3 is 2.28 bits per heavy atom. The van der Waals surface area contributed by atoms with Crippen molar-refractivity contribution in [3.8, 4) is 0 Å². The fourth-order valence-corrected chi connectivity index (χ4v) is 2.39. The molecule has 5 nitrogen and oxygen atoms in total. The van der Waals surface area contributed by atoms with Crippen LogP contribution in [0.4, 0.5) is 18.0 Å². The molecule has 1 unspecified atom stereocenters. The van der Waals surface area contributed by atoms with Crippen LogP contribution >= 0.6 is 0 Å². The molecule has 1 rings (SSSR count). The van der Waals surface area contributed by atoms with Crippen molar-refractivity contribution >= 4 is 11.9 Å². The molecule has 25 heavy (non-hydrogen) atoms. The van der Waals surface area contributed by atoms with Crippen LogP contribution in [0.25, 0.3) is 0 Å². The molecule has 0 fully saturated rings. The molecule has 0 aliphatic heterocycles. The minimum absolute atomic E-state index is 0.253. The molecule has 0 radical (unpaired) electrons. The molecular formula is C17H23F3N2O3. The SMILES string of the molecule is CCC[C@H](NC(=O)OCC(F)(F)F)C(NC)C(=O)c1ccc(C)cc1. The van der Waals surface area contributed by atoms with Crippen molar-refractivity contribution in [3.05, 3.63) is 35.4 Å². The van der Waals surface area contributed by atoms with Gasteiger partial charge in [0, 0.05) is 5.56 Å². The summed E-state index contributed by atoms with van der Waals surface area (Å²) in [4.78, 5) is 24.3. The molecule has 2 N–H and O–H groups in total. The summed E-state index contributed by atoms with van der Waals surface area (Å²) in [5, 5.41) is 5.19. The standard InChI is InChI=1S/C17H23F3N2O3/c1-4-5-13(22-16(24)25-10-17(18,19)20)14(21-3)15(23)12-8-6-11(2)7-9-12/h6-9,13-14,21H,4-5,10H2,1-3H3,(H,22,24)/t13-,14?/m0/s1. The number of alkyl halides is 3. The lowest BCUT2D eigenvalue weighted by molar-refractivity contribution is -0.160. The molecule has 0 aromatic heterocycles. The maximum Gasteiger partial charge on any atom is 0.422 e. The second-order valence-corrected chi connectivity index (χ2v) is 5.73. The van der Waals surface area contributed by atoms with E-state index in [0.717, 1.165) is 5.56 Å². The van der Waals surface area contributed by atoms with Gasteiger partial charge in [-0.3, -0.25) is 4.79 Å². The van der Waals surface area contributed by atoms with Crippen molar-refractivity contribution in [2.45, 2.75) is 44.9 Å². The molecule has 0 bridgehead atoms. The van der Waals surface area contributed by atoms with Gasteiger partial charge in [0.2, 0.25) is 0 Å². The molecule has 8 heteroatoms. The molecule has 0 saturated carbocycles. The number of Topliss-reactive ketones (excluding diaryl/α,β-unsaturated/α-hetero) is 1.